The van der Waals surface area contributed by atoms with Crippen LogP contribution in [0.2, 0.25) is 0 Å². The SMILES string of the molecule is C=CCc1ccccc1F.N#CSc1ccc(-c2ccccc2)cc1. The first-order chi connectivity index (χ1) is 12.2. The summed E-state index contributed by atoms with van der Waals surface area (Å²) in [6, 6.07) is 24.9. The zero-order valence-corrected chi connectivity index (χ0v) is 14.5. The van der Waals surface area contributed by atoms with Crippen LogP contribution in [0.15, 0.2) is 96.4 Å². The highest BCUT2D eigenvalue weighted by Crippen LogP contribution is 2.23. The molecule has 0 saturated carbocycles. The topological polar surface area (TPSA) is 23.8 Å². The molecule has 0 aliphatic carbocycles. The van der Waals surface area contributed by atoms with Gasteiger partial charge in [-0.15, -0.1) is 6.58 Å². The van der Waals surface area contributed by atoms with E-state index >= 15 is 0 Å². The summed E-state index contributed by atoms with van der Waals surface area (Å²) in [5.41, 5.74) is 3.08. The second-order valence-corrected chi connectivity index (χ2v) is 6.03. The molecule has 1 nitrogen and oxygen atoms in total. The average Bonchev–Trinajstić information content (AvgIpc) is 2.66. The highest BCUT2D eigenvalue weighted by Gasteiger charge is 1.97. The number of thioether (sulfide) groups is 1. The summed E-state index contributed by atoms with van der Waals surface area (Å²) in [5.74, 6) is -0.151. The minimum absolute atomic E-state index is 0.151. The van der Waals surface area contributed by atoms with E-state index in [0.717, 1.165) is 4.90 Å². The lowest BCUT2D eigenvalue weighted by molar-refractivity contribution is 0.615. The molecule has 0 radical (unpaired) electrons. The predicted octanol–water partition coefficient (Wildman–Crippen LogP) is 6.48. The fourth-order valence-corrected chi connectivity index (χ4v) is 2.60. The Balaban J connectivity index is 0.000000196. The van der Waals surface area contributed by atoms with Crippen molar-refractivity contribution in [2.45, 2.75) is 11.3 Å². The molecular formula is C22H18FNS. The third-order valence-corrected chi connectivity index (χ3v) is 4.05. The van der Waals surface area contributed by atoms with Gasteiger partial charge < -0.3 is 0 Å². The van der Waals surface area contributed by atoms with Crippen LogP contribution in [-0.4, -0.2) is 0 Å². The van der Waals surface area contributed by atoms with Crippen LogP contribution in [0.4, 0.5) is 4.39 Å². The van der Waals surface area contributed by atoms with Crippen molar-refractivity contribution in [1.29, 1.82) is 5.26 Å². The second kappa shape index (κ2) is 10.1. The molecule has 0 bridgehead atoms. The van der Waals surface area contributed by atoms with Gasteiger partial charge in [-0.2, -0.15) is 5.26 Å². The molecule has 3 aromatic carbocycles. The van der Waals surface area contributed by atoms with Crippen LogP contribution in [0.1, 0.15) is 5.56 Å². The van der Waals surface area contributed by atoms with E-state index in [-0.39, 0.29) is 5.82 Å². The zero-order chi connectivity index (χ0) is 17.9. The molecule has 0 aliphatic heterocycles. The first-order valence-electron chi connectivity index (χ1n) is 7.80. The number of hydrogen-bond donors (Lipinski definition) is 0. The van der Waals surface area contributed by atoms with Crippen LogP contribution in [0.25, 0.3) is 11.1 Å². The molecule has 0 amide bonds. The second-order valence-electron chi connectivity index (χ2n) is 5.17. The van der Waals surface area contributed by atoms with Gasteiger partial charge in [-0.05, 0) is 53.1 Å². The van der Waals surface area contributed by atoms with Crippen molar-refractivity contribution < 1.29 is 4.39 Å². The number of halogens is 1. The Morgan fingerprint density at radius 1 is 0.880 bits per heavy atom. The normalized spacial score (nSPS) is 9.44. The molecule has 0 spiro atoms. The van der Waals surface area contributed by atoms with Gasteiger partial charge >= 0.3 is 0 Å². The number of rotatable bonds is 4. The number of nitriles is 1. The van der Waals surface area contributed by atoms with Crippen molar-refractivity contribution in [1.82, 2.24) is 0 Å². The monoisotopic (exact) mass is 347 g/mol. The van der Waals surface area contributed by atoms with Gasteiger partial charge in [0.05, 0.1) is 0 Å². The van der Waals surface area contributed by atoms with Gasteiger partial charge in [-0.25, -0.2) is 4.39 Å². The molecule has 0 saturated heterocycles. The van der Waals surface area contributed by atoms with E-state index in [4.69, 9.17) is 5.26 Å². The van der Waals surface area contributed by atoms with E-state index in [2.05, 4.69) is 24.1 Å². The average molecular weight is 347 g/mol. The molecule has 0 unspecified atom stereocenters. The fourth-order valence-electron chi connectivity index (χ4n) is 2.22. The number of thiocyanates is 1. The molecule has 0 aliphatic rings. The smallest absolute Gasteiger partial charge is 0.138 e. The van der Waals surface area contributed by atoms with Crippen molar-refractivity contribution in [3.05, 3.63) is 103 Å². The summed E-state index contributed by atoms with van der Waals surface area (Å²) in [7, 11) is 0. The summed E-state index contributed by atoms with van der Waals surface area (Å²) < 4.78 is 12.7. The maximum atomic E-state index is 12.7. The van der Waals surface area contributed by atoms with Crippen LogP contribution in [-0.2, 0) is 6.42 Å². The van der Waals surface area contributed by atoms with Crippen molar-refractivity contribution >= 4 is 11.8 Å². The van der Waals surface area contributed by atoms with Gasteiger partial charge in [-0.3, -0.25) is 0 Å². The Kier molecular flexibility index (Phi) is 7.49. The first kappa shape index (κ1) is 18.5. The van der Waals surface area contributed by atoms with E-state index in [9.17, 15) is 4.39 Å². The highest BCUT2D eigenvalue weighted by molar-refractivity contribution is 8.03. The van der Waals surface area contributed by atoms with Crippen LogP contribution in [0.3, 0.4) is 0 Å². The van der Waals surface area contributed by atoms with Crippen LogP contribution < -0.4 is 0 Å². The number of allylic oxidation sites excluding steroid dienone is 1. The van der Waals surface area contributed by atoms with Gasteiger partial charge in [0, 0.05) is 4.90 Å². The van der Waals surface area contributed by atoms with Crippen molar-refractivity contribution in [2.75, 3.05) is 0 Å². The minimum atomic E-state index is -0.151. The number of hydrogen-bond acceptors (Lipinski definition) is 2. The Labute approximate surface area is 152 Å². The van der Waals surface area contributed by atoms with E-state index < -0.39 is 0 Å². The molecule has 0 aromatic heterocycles. The summed E-state index contributed by atoms with van der Waals surface area (Å²) in [6.07, 6.45) is 2.30. The maximum absolute atomic E-state index is 12.7. The van der Waals surface area contributed by atoms with Gasteiger partial charge in [-0.1, -0.05) is 66.7 Å². The Morgan fingerprint density at radius 2 is 1.48 bits per heavy atom. The number of nitrogens with zero attached hydrogens (tertiary/aromatic N) is 1. The first-order valence-corrected chi connectivity index (χ1v) is 8.62. The molecule has 124 valence electrons. The largest absolute Gasteiger partial charge is 0.207 e. The quantitative estimate of drug-likeness (QED) is 0.306. The van der Waals surface area contributed by atoms with Crippen molar-refractivity contribution in [2.24, 2.45) is 0 Å². The third-order valence-electron chi connectivity index (χ3n) is 3.45. The van der Waals surface area contributed by atoms with Gasteiger partial charge in [0.15, 0.2) is 0 Å². The Hall–Kier alpha value is -2.83. The van der Waals surface area contributed by atoms with E-state index in [0.29, 0.717) is 12.0 Å². The van der Waals surface area contributed by atoms with Crippen LogP contribution >= 0.6 is 11.8 Å². The molecule has 0 heterocycles. The standard InChI is InChI=1S/C13H9NS.C9H9F/c14-10-15-13-8-6-12(7-9-13)11-4-2-1-3-5-11;1-2-5-8-6-3-4-7-9(8)10/h1-9H;2-4,6-7H,1,5H2. The summed E-state index contributed by atoms with van der Waals surface area (Å²) in [5, 5.41) is 10.6. The van der Waals surface area contributed by atoms with Crippen LogP contribution in [0, 0.1) is 16.5 Å². The lowest BCUT2D eigenvalue weighted by Crippen LogP contribution is -1.85. The van der Waals surface area contributed by atoms with E-state index in [1.807, 2.05) is 48.5 Å². The molecule has 3 heteroatoms. The molecule has 0 fully saturated rings. The van der Waals surface area contributed by atoms with Gasteiger partial charge in [0.1, 0.15) is 11.2 Å². The molecular weight excluding hydrogens is 329 g/mol. The molecule has 25 heavy (non-hydrogen) atoms. The van der Waals surface area contributed by atoms with Crippen LogP contribution in [0.5, 0.6) is 0 Å². The molecule has 3 aromatic rings. The summed E-state index contributed by atoms with van der Waals surface area (Å²) in [4.78, 5) is 0.984. The minimum Gasteiger partial charge on any atom is -0.207 e. The zero-order valence-electron chi connectivity index (χ0n) is 13.7. The molecule has 0 atom stereocenters. The van der Waals surface area contributed by atoms with Crippen molar-refractivity contribution in [3.8, 4) is 16.5 Å². The third kappa shape index (κ3) is 5.95. The predicted molar refractivity (Wildman–Crippen MR) is 104 cm³/mol. The van der Waals surface area contributed by atoms with E-state index in [1.165, 1.54) is 29.0 Å². The summed E-state index contributed by atoms with van der Waals surface area (Å²) >= 11 is 1.18. The van der Waals surface area contributed by atoms with Gasteiger partial charge in [0.25, 0.3) is 0 Å². The molecule has 0 N–H and O–H groups in total. The molecule has 3 rings (SSSR count). The summed E-state index contributed by atoms with van der Waals surface area (Å²) in [6.45, 7) is 3.53. The van der Waals surface area contributed by atoms with Gasteiger partial charge in [0.2, 0.25) is 0 Å². The Bertz CT molecular complexity index is 836. The highest BCUT2D eigenvalue weighted by atomic mass is 32.2. The van der Waals surface area contributed by atoms with Crippen molar-refractivity contribution in [3.63, 3.8) is 0 Å². The number of benzene rings is 3. The lowest BCUT2D eigenvalue weighted by Gasteiger charge is -2.01. The fraction of sp³-hybridized carbons (Fsp3) is 0.0455. The maximum Gasteiger partial charge on any atom is 0.138 e. The van der Waals surface area contributed by atoms with E-state index in [1.54, 1.807) is 18.2 Å². The lowest BCUT2D eigenvalue weighted by atomic mass is 10.1. The Morgan fingerprint density at radius 3 is 2.08 bits per heavy atom.